The summed E-state index contributed by atoms with van der Waals surface area (Å²) < 4.78 is 142. The molecule has 10 rings (SSSR count). The van der Waals surface area contributed by atoms with Gasteiger partial charge in [-0.15, -0.1) is 0 Å². The molecule has 4 aliphatic rings. The predicted octanol–water partition coefficient (Wildman–Crippen LogP) is 2.03. The molecule has 20 nitrogen and oxygen atoms in total. The second-order valence-corrected chi connectivity index (χ2v) is 18.7. The largest absolute Gasteiger partial charge is 0.294 e. The maximum Gasteiger partial charge on any atom is 0.294 e. The van der Waals surface area contributed by atoms with Crippen molar-refractivity contribution in [2.75, 3.05) is 0 Å². The minimum atomic E-state index is -4.79. The number of fused-ring (bicyclic) bond motifs is 14. The highest BCUT2D eigenvalue weighted by atomic mass is 32.2. The van der Waals surface area contributed by atoms with Crippen molar-refractivity contribution in [3.63, 3.8) is 0 Å². The average Bonchev–Trinajstić information content (AvgIpc) is 3.82. The van der Waals surface area contributed by atoms with Gasteiger partial charge in [-0.2, -0.15) is 33.7 Å². The Balaban J connectivity index is 1.44. The zero-order chi connectivity index (χ0) is 40.1. The van der Waals surface area contributed by atoms with Gasteiger partial charge in [0.25, 0.3) is 40.5 Å². The molecule has 0 fully saturated rings. The lowest BCUT2D eigenvalue weighted by Crippen LogP contribution is -2.32. The Hall–Kier alpha value is -6.12. The Morgan fingerprint density at radius 1 is 0.386 bits per heavy atom. The Bertz CT molecular complexity index is 3720. The highest BCUT2D eigenvalue weighted by molar-refractivity contribution is 7.86. The van der Waals surface area contributed by atoms with Gasteiger partial charge in [-0.1, -0.05) is 0 Å². The van der Waals surface area contributed by atoms with Gasteiger partial charge in [-0.05, 0) is 72.8 Å². The summed E-state index contributed by atoms with van der Waals surface area (Å²) in [6, 6.07) is 14.5. The molecule has 4 aliphatic heterocycles. The van der Waals surface area contributed by atoms with E-state index in [4.69, 9.17) is 20.0 Å². The number of aromatic nitrogens is 2. The van der Waals surface area contributed by atoms with Gasteiger partial charge in [0, 0.05) is 43.8 Å². The fourth-order valence-corrected chi connectivity index (χ4v) is 9.14. The van der Waals surface area contributed by atoms with E-state index in [0.29, 0.717) is 0 Å². The van der Waals surface area contributed by atoms with Crippen LogP contribution >= 0.6 is 0 Å². The van der Waals surface area contributed by atoms with Gasteiger partial charge < -0.3 is 0 Å². The minimum Gasteiger partial charge on any atom is -0.291 e. The molecule has 0 saturated carbocycles. The summed E-state index contributed by atoms with van der Waals surface area (Å²) in [5.41, 5.74) is 0.752. The summed E-state index contributed by atoms with van der Waals surface area (Å²) in [6.07, 6.45) is 0. The molecule has 0 saturated heterocycles. The molecule has 2 aromatic heterocycles. The van der Waals surface area contributed by atoms with Crippen LogP contribution in [0.3, 0.4) is 0 Å². The van der Waals surface area contributed by atoms with Crippen LogP contribution in [0.2, 0.25) is 0 Å². The second-order valence-electron chi connectivity index (χ2n) is 13.0. The van der Waals surface area contributed by atoms with E-state index in [0.717, 1.165) is 48.5 Å². The number of benzene rings is 4. The molecule has 0 radical (unpaired) electrons. The van der Waals surface area contributed by atoms with Crippen molar-refractivity contribution in [1.29, 1.82) is 0 Å². The van der Waals surface area contributed by atoms with Crippen molar-refractivity contribution < 1.29 is 51.9 Å². The van der Waals surface area contributed by atoms with Crippen LogP contribution in [0.15, 0.2) is 122 Å². The molecular formula is C33H18N8O12S4. The van der Waals surface area contributed by atoms with Crippen LogP contribution in [0.1, 0.15) is 22.3 Å². The second kappa shape index (κ2) is 11.3. The van der Waals surface area contributed by atoms with Crippen molar-refractivity contribution in [1.82, 2.24) is 9.13 Å². The highest BCUT2D eigenvalue weighted by Crippen LogP contribution is 2.42. The quantitative estimate of drug-likeness (QED) is 0.185. The van der Waals surface area contributed by atoms with E-state index >= 15 is 0 Å². The van der Waals surface area contributed by atoms with Crippen molar-refractivity contribution in [2.24, 2.45) is 30.0 Å². The van der Waals surface area contributed by atoms with Crippen molar-refractivity contribution >= 4 is 97.0 Å². The van der Waals surface area contributed by atoms with E-state index in [-0.39, 0.29) is 96.4 Å². The van der Waals surface area contributed by atoms with Crippen LogP contribution in [0, 0.1) is 0 Å². The summed E-state index contributed by atoms with van der Waals surface area (Å²) in [6.45, 7) is -0.304. The predicted molar refractivity (Wildman–Crippen MR) is 199 cm³/mol. The zero-order valence-electron chi connectivity index (χ0n) is 27.9. The Labute approximate surface area is 318 Å². The number of amidine groups is 4. The number of nitrogens with zero attached hydrogens (tertiary/aromatic N) is 8. The zero-order valence-corrected chi connectivity index (χ0v) is 31.2. The molecule has 0 spiro atoms. The Morgan fingerprint density at radius 3 is 1.30 bits per heavy atom. The molecule has 24 heteroatoms. The third kappa shape index (κ3) is 5.37. The lowest BCUT2D eigenvalue weighted by Gasteiger charge is -2.12. The molecule has 0 atom stereocenters. The van der Waals surface area contributed by atoms with Gasteiger partial charge >= 0.3 is 0 Å². The normalized spacial score (nSPS) is 18.9. The van der Waals surface area contributed by atoms with Crippen LogP contribution < -0.4 is 11.0 Å². The molecule has 0 aliphatic carbocycles. The first-order chi connectivity index (χ1) is 26.7. The van der Waals surface area contributed by atoms with Crippen LogP contribution in [0.4, 0.5) is 11.6 Å². The lowest BCUT2D eigenvalue weighted by molar-refractivity contribution is 0.481. The van der Waals surface area contributed by atoms with Crippen LogP contribution in [-0.4, -0.2) is 84.4 Å². The molecule has 6 aromatic rings. The molecule has 6 heterocycles. The number of hydrogen-bond acceptors (Lipinski definition) is 14. The van der Waals surface area contributed by atoms with E-state index in [1.165, 1.54) is 33.4 Å². The number of hydrogen-bond donors (Lipinski definition) is 4. The summed E-state index contributed by atoms with van der Waals surface area (Å²) in [5, 5.41) is 0.703. The highest BCUT2D eigenvalue weighted by Gasteiger charge is 2.32. The first kappa shape index (κ1) is 35.3. The maximum atomic E-state index is 12.4. The van der Waals surface area contributed by atoms with Gasteiger partial charge in [-0.3, -0.25) is 27.3 Å². The van der Waals surface area contributed by atoms with Crippen LogP contribution in [0.25, 0.3) is 21.5 Å². The fourth-order valence-electron chi connectivity index (χ4n) is 7.11. The summed E-state index contributed by atoms with van der Waals surface area (Å²) >= 11 is 0. The van der Waals surface area contributed by atoms with Crippen LogP contribution in [0.5, 0.6) is 0 Å². The van der Waals surface area contributed by atoms with Gasteiger partial charge in [0.05, 0.1) is 19.6 Å². The Morgan fingerprint density at radius 2 is 0.772 bits per heavy atom. The van der Waals surface area contributed by atoms with E-state index in [9.17, 15) is 51.9 Å². The standard InChI is InChI=1S/C33H18N8O12S4/c42-54(43,44)14-1-5-18-22(9-14)28-34-26(18)36-30-20-7-3-16(56(48,49)50)11-24(20)33-39-29-23-10-15(55(45,46)47)2-6-19(23)27(35-29)37-31-21-8-4-17(57(51,52)53)12-25(21)32(38-28)41(31)13-40(30)33/h1-12H,13H2,(H,42,43,44)(H,45,46,47)(H,48,49,50)(H,51,52,53)/b36-26-,36-30?,37-27?,37-31-,38-28?,38-32-,39-29-,39-33?. The maximum absolute atomic E-state index is 12.4. The summed E-state index contributed by atoms with van der Waals surface area (Å²) in [7, 11) is -19.1. The molecule has 6 bridgehead atoms. The minimum absolute atomic E-state index is 0.0198. The monoisotopic (exact) mass is 846 g/mol. The van der Waals surface area contributed by atoms with Crippen molar-refractivity contribution in [2.45, 2.75) is 26.3 Å². The first-order valence-corrected chi connectivity index (χ1v) is 21.8. The van der Waals surface area contributed by atoms with Gasteiger partial charge in [0.2, 0.25) is 0 Å². The van der Waals surface area contributed by atoms with Crippen LogP contribution in [-0.2, 0) is 47.1 Å². The smallest absolute Gasteiger partial charge is 0.291 e. The summed E-state index contributed by atoms with van der Waals surface area (Å²) in [4.78, 5) is 26.5. The topological polar surface area (TPSA) is 302 Å². The SMILES string of the molecule is O=S(=O)(O)c1ccc2c(c1)C1=NC/2=N\c2c3ccc(S(=O)(=O)O)cc3c3n2Cn2/c(c4ccc(S(=O)(=O)O)cc4/c2=N/1)=N\C1=NC(=N\3)/c2cc(S(=O)(=O)O)ccc21. The van der Waals surface area contributed by atoms with E-state index in [1.54, 1.807) is 0 Å². The molecule has 0 unspecified atom stereocenters. The third-order valence-corrected chi connectivity index (χ3v) is 13.1. The van der Waals surface area contributed by atoms with Gasteiger partial charge in [-0.25, -0.2) is 30.0 Å². The Kier molecular flexibility index (Phi) is 6.97. The first-order valence-electron chi connectivity index (χ1n) is 16.0. The number of aliphatic imine (C=N–C) groups is 4. The molecule has 4 N–H and O–H groups in total. The molecular weight excluding hydrogens is 829 g/mol. The third-order valence-electron chi connectivity index (χ3n) is 9.66. The molecule has 286 valence electrons. The van der Waals surface area contributed by atoms with E-state index in [1.807, 2.05) is 0 Å². The van der Waals surface area contributed by atoms with Gasteiger partial charge in [0.1, 0.15) is 29.3 Å². The number of rotatable bonds is 4. The molecule has 57 heavy (non-hydrogen) atoms. The average molecular weight is 847 g/mol. The van der Waals surface area contributed by atoms with Gasteiger partial charge in [0.15, 0.2) is 23.3 Å². The molecule has 0 amide bonds. The summed E-state index contributed by atoms with van der Waals surface area (Å²) in [5.74, 6) is -0.225. The van der Waals surface area contributed by atoms with E-state index in [2.05, 4.69) is 9.98 Å². The fraction of sp³-hybridized carbons (Fsp3) is 0.0303. The van der Waals surface area contributed by atoms with Crippen molar-refractivity contribution in [3.05, 3.63) is 106 Å². The molecule has 4 aromatic carbocycles. The lowest BCUT2D eigenvalue weighted by atomic mass is 10.1. The van der Waals surface area contributed by atoms with E-state index < -0.39 is 60.1 Å². The van der Waals surface area contributed by atoms with Crippen molar-refractivity contribution in [3.8, 4) is 0 Å².